The molecule has 0 aromatic heterocycles. The Labute approximate surface area is 162 Å². The zero-order chi connectivity index (χ0) is 18.1. The first-order valence-electron chi connectivity index (χ1n) is 10.4. The van der Waals surface area contributed by atoms with E-state index in [4.69, 9.17) is 21.1 Å². The molecule has 0 heterocycles. The van der Waals surface area contributed by atoms with Gasteiger partial charge in [-0.2, -0.15) is 0 Å². The van der Waals surface area contributed by atoms with Gasteiger partial charge in [-0.1, -0.05) is 110 Å². The first-order chi connectivity index (χ1) is 11.5. The van der Waals surface area contributed by atoms with Crippen molar-refractivity contribution in [2.45, 2.75) is 128 Å². The fourth-order valence-corrected chi connectivity index (χ4v) is 3.11. The highest BCUT2D eigenvalue weighted by Crippen LogP contribution is 2.15. The van der Waals surface area contributed by atoms with Crippen LogP contribution >= 0.6 is 12.4 Å². The fourth-order valence-electron chi connectivity index (χ4n) is 3.11. The molecule has 0 rings (SSSR count). The van der Waals surface area contributed by atoms with Crippen LogP contribution in [0.25, 0.3) is 0 Å². The van der Waals surface area contributed by atoms with Crippen LogP contribution in [0.15, 0.2) is 0 Å². The monoisotopic (exact) mass is 381 g/mol. The first kappa shape index (κ1) is 27.3. The Kier molecular flexibility index (Phi) is 20.7. The summed E-state index contributed by atoms with van der Waals surface area (Å²) in [5.41, 5.74) is 5.46. The Hall–Kier alpha value is 0.130. The van der Waals surface area contributed by atoms with Gasteiger partial charge in [0.1, 0.15) is 0 Å². The van der Waals surface area contributed by atoms with Gasteiger partial charge in [-0.15, -0.1) is 12.4 Å². The van der Waals surface area contributed by atoms with E-state index in [9.17, 15) is 0 Å². The third-order valence-corrected chi connectivity index (χ3v) is 4.87. The third kappa shape index (κ3) is 20.3. The van der Waals surface area contributed by atoms with Gasteiger partial charge in [-0.25, -0.2) is 0 Å². The van der Waals surface area contributed by atoms with Crippen molar-refractivity contribution in [3.8, 4) is 0 Å². The molecule has 0 bridgehead atoms. The summed E-state index contributed by atoms with van der Waals surface area (Å²) in [6, 6.07) is -0.968. The van der Waals surface area contributed by atoms with E-state index in [-0.39, 0.29) is 12.4 Å². The minimum atomic E-state index is -2.73. The topological polar surface area (TPSA) is 86.7 Å². The molecule has 0 aliphatic rings. The van der Waals surface area contributed by atoms with Gasteiger partial charge in [0.15, 0.2) is 0 Å². The number of hydrogen-bond acceptors (Lipinski definition) is 4. The number of nitrogens with two attached hydrogens (primary N) is 1. The second-order valence-electron chi connectivity index (χ2n) is 7.39. The van der Waals surface area contributed by atoms with Crippen LogP contribution in [0, 0.1) is 0 Å². The molecule has 0 radical (unpaired) electrons. The summed E-state index contributed by atoms with van der Waals surface area (Å²) < 4.78 is 0. The number of aliphatic hydroxyl groups is 3. The molecule has 0 aliphatic carbocycles. The lowest BCUT2D eigenvalue weighted by molar-refractivity contribution is -0.323. The summed E-state index contributed by atoms with van der Waals surface area (Å²) in [4.78, 5) is 0. The largest absolute Gasteiger partial charge is 0.342 e. The lowest BCUT2D eigenvalue weighted by Crippen LogP contribution is -2.47. The highest BCUT2D eigenvalue weighted by atomic mass is 35.5. The molecular weight excluding hydrogens is 338 g/mol. The molecule has 0 saturated carbocycles. The highest BCUT2D eigenvalue weighted by Gasteiger charge is 2.27. The van der Waals surface area contributed by atoms with E-state index in [0.29, 0.717) is 6.42 Å². The number of hydrogen-bond donors (Lipinski definition) is 4. The van der Waals surface area contributed by atoms with Gasteiger partial charge < -0.3 is 21.1 Å². The van der Waals surface area contributed by atoms with Crippen molar-refractivity contribution in [2.24, 2.45) is 5.73 Å². The van der Waals surface area contributed by atoms with Crippen molar-refractivity contribution in [2.75, 3.05) is 0 Å². The van der Waals surface area contributed by atoms with E-state index in [1.54, 1.807) is 0 Å². The zero-order valence-corrected chi connectivity index (χ0v) is 17.2. The van der Waals surface area contributed by atoms with Crippen molar-refractivity contribution in [1.29, 1.82) is 0 Å². The van der Waals surface area contributed by atoms with Gasteiger partial charge in [0.25, 0.3) is 5.97 Å². The SMILES string of the molecule is CCCCCCCCCCCCCCCCCCC(N)C(O)(O)O.Cl. The summed E-state index contributed by atoms with van der Waals surface area (Å²) in [7, 11) is 0. The van der Waals surface area contributed by atoms with Crippen LogP contribution < -0.4 is 5.73 Å². The molecular formula is C20H44ClNO3. The fraction of sp³-hybridized carbons (Fsp3) is 1.00. The van der Waals surface area contributed by atoms with E-state index >= 15 is 0 Å². The van der Waals surface area contributed by atoms with Crippen LogP contribution in [0.2, 0.25) is 0 Å². The summed E-state index contributed by atoms with van der Waals surface area (Å²) in [6.45, 7) is 2.27. The standard InChI is InChI=1S/C20H43NO3.ClH/c1-2-3-4-5-6-7-8-9-10-11-12-13-14-15-16-17-18-19(21)20(22,23)24;/h19,22-24H,2-18,21H2,1H3;1H. The van der Waals surface area contributed by atoms with Crippen LogP contribution in [0.4, 0.5) is 0 Å². The molecule has 25 heavy (non-hydrogen) atoms. The van der Waals surface area contributed by atoms with E-state index in [0.717, 1.165) is 12.8 Å². The average Bonchev–Trinajstić information content (AvgIpc) is 2.53. The van der Waals surface area contributed by atoms with Crippen molar-refractivity contribution < 1.29 is 15.3 Å². The third-order valence-electron chi connectivity index (χ3n) is 4.87. The highest BCUT2D eigenvalue weighted by molar-refractivity contribution is 5.85. The second-order valence-corrected chi connectivity index (χ2v) is 7.39. The minimum Gasteiger partial charge on any atom is -0.342 e. The van der Waals surface area contributed by atoms with Crippen LogP contribution in [-0.2, 0) is 0 Å². The second kappa shape index (κ2) is 18.9. The average molecular weight is 382 g/mol. The molecule has 0 amide bonds. The predicted molar refractivity (Wildman–Crippen MR) is 109 cm³/mol. The Morgan fingerprint density at radius 1 is 0.600 bits per heavy atom. The Morgan fingerprint density at radius 2 is 0.880 bits per heavy atom. The first-order valence-corrected chi connectivity index (χ1v) is 10.4. The molecule has 0 aromatic rings. The lowest BCUT2D eigenvalue weighted by atomic mass is 10.0. The van der Waals surface area contributed by atoms with Gasteiger partial charge >= 0.3 is 0 Å². The predicted octanol–water partition coefficient (Wildman–Crippen LogP) is 5.02. The quantitative estimate of drug-likeness (QED) is 0.198. The molecule has 1 atom stereocenters. The smallest absolute Gasteiger partial charge is 0.291 e. The maximum atomic E-state index is 8.90. The Morgan fingerprint density at radius 3 is 1.16 bits per heavy atom. The number of unbranched alkanes of at least 4 members (excludes halogenated alkanes) is 15. The Bertz CT molecular complexity index is 260. The summed E-state index contributed by atoms with van der Waals surface area (Å²) in [5, 5.41) is 26.7. The molecule has 0 spiro atoms. The van der Waals surface area contributed by atoms with Crippen molar-refractivity contribution in [1.82, 2.24) is 0 Å². The van der Waals surface area contributed by atoms with Gasteiger partial charge in [-0.3, -0.25) is 0 Å². The maximum Gasteiger partial charge on any atom is 0.291 e. The molecule has 5 N–H and O–H groups in total. The number of rotatable bonds is 18. The molecule has 154 valence electrons. The summed E-state index contributed by atoms with van der Waals surface area (Å²) in [6.07, 6.45) is 21.4. The van der Waals surface area contributed by atoms with E-state index in [1.807, 2.05) is 0 Å². The maximum absolute atomic E-state index is 8.90. The molecule has 0 aliphatic heterocycles. The number of halogens is 1. The van der Waals surface area contributed by atoms with E-state index in [1.165, 1.54) is 89.9 Å². The van der Waals surface area contributed by atoms with Crippen molar-refractivity contribution in [3.05, 3.63) is 0 Å². The minimum absolute atomic E-state index is 0. The normalized spacial score (nSPS) is 12.8. The van der Waals surface area contributed by atoms with Crippen LogP contribution in [0.5, 0.6) is 0 Å². The lowest BCUT2D eigenvalue weighted by Gasteiger charge is -2.21. The molecule has 0 saturated heterocycles. The Balaban J connectivity index is 0. The summed E-state index contributed by atoms with van der Waals surface area (Å²) in [5.74, 6) is -2.73. The van der Waals surface area contributed by atoms with Gasteiger partial charge in [0.2, 0.25) is 0 Å². The van der Waals surface area contributed by atoms with E-state index in [2.05, 4.69) is 6.92 Å². The van der Waals surface area contributed by atoms with Gasteiger partial charge in [0.05, 0.1) is 6.04 Å². The van der Waals surface area contributed by atoms with Gasteiger partial charge in [0, 0.05) is 0 Å². The van der Waals surface area contributed by atoms with E-state index < -0.39 is 12.0 Å². The summed E-state index contributed by atoms with van der Waals surface area (Å²) >= 11 is 0. The molecule has 4 nitrogen and oxygen atoms in total. The van der Waals surface area contributed by atoms with Crippen LogP contribution in [-0.4, -0.2) is 27.3 Å². The van der Waals surface area contributed by atoms with Crippen LogP contribution in [0.3, 0.4) is 0 Å². The zero-order valence-electron chi connectivity index (χ0n) is 16.4. The van der Waals surface area contributed by atoms with Crippen molar-refractivity contribution in [3.63, 3.8) is 0 Å². The van der Waals surface area contributed by atoms with Gasteiger partial charge in [-0.05, 0) is 6.42 Å². The van der Waals surface area contributed by atoms with Crippen molar-refractivity contribution >= 4 is 12.4 Å². The molecule has 5 heteroatoms. The molecule has 1 unspecified atom stereocenters. The van der Waals surface area contributed by atoms with Crippen LogP contribution in [0.1, 0.15) is 116 Å². The molecule has 0 fully saturated rings. The molecule has 0 aromatic carbocycles.